The number of hydrogen-bond donors (Lipinski definition) is 1. The van der Waals surface area contributed by atoms with Crippen LogP contribution in [0.25, 0.3) is 0 Å². The molecule has 5 heteroatoms. The zero-order valence-corrected chi connectivity index (χ0v) is 12.6. The Labute approximate surface area is 121 Å². The first-order valence-corrected chi connectivity index (χ1v) is 7.95. The van der Waals surface area contributed by atoms with Gasteiger partial charge in [-0.15, -0.1) is 0 Å². The van der Waals surface area contributed by atoms with E-state index in [2.05, 4.69) is 27.0 Å². The van der Waals surface area contributed by atoms with E-state index >= 15 is 0 Å². The zero-order chi connectivity index (χ0) is 13.9. The summed E-state index contributed by atoms with van der Waals surface area (Å²) in [6, 6.07) is 1.03. The van der Waals surface area contributed by atoms with Gasteiger partial charge in [-0.05, 0) is 44.4 Å². The lowest BCUT2D eigenvalue weighted by Gasteiger charge is -2.32. The molecule has 1 saturated carbocycles. The molecule has 2 heterocycles. The van der Waals surface area contributed by atoms with Crippen molar-refractivity contribution in [3.05, 3.63) is 11.6 Å². The fourth-order valence-electron chi connectivity index (χ4n) is 3.46. The van der Waals surface area contributed by atoms with E-state index in [-0.39, 0.29) is 0 Å². The molecule has 2 aliphatic rings. The molecule has 1 aliphatic heterocycles. The highest BCUT2D eigenvalue weighted by molar-refractivity contribution is 5.02. The molecule has 1 aromatic heterocycles. The lowest BCUT2D eigenvalue weighted by atomic mass is 9.87. The second-order valence-corrected chi connectivity index (χ2v) is 6.36. The molecule has 1 atom stereocenters. The van der Waals surface area contributed by atoms with Crippen molar-refractivity contribution in [1.82, 2.24) is 20.1 Å². The normalized spacial score (nSPS) is 30.2. The van der Waals surface area contributed by atoms with E-state index in [1.54, 1.807) is 7.11 Å². The van der Waals surface area contributed by atoms with Crippen LogP contribution in [0.3, 0.4) is 0 Å². The van der Waals surface area contributed by atoms with Crippen molar-refractivity contribution in [2.45, 2.75) is 70.7 Å². The number of aromatic nitrogens is 3. The number of rotatable bonds is 4. The number of ether oxygens (including phenoxy) is 1. The minimum atomic E-state index is 0.375. The number of methoxy groups -OCH3 is 1. The number of hydrogen-bond acceptors (Lipinski definition) is 4. The van der Waals surface area contributed by atoms with E-state index in [0.29, 0.717) is 18.7 Å². The number of nitrogens with one attached hydrogen (secondary N) is 1. The maximum absolute atomic E-state index is 5.14. The third kappa shape index (κ3) is 3.04. The van der Waals surface area contributed by atoms with Crippen LogP contribution in [0.4, 0.5) is 0 Å². The van der Waals surface area contributed by atoms with Gasteiger partial charge in [0.15, 0.2) is 5.82 Å². The molecule has 1 aromatic rings. The molecule has 1 N–H and O–H groups in total. The Morgan fingerprint density at radius 2 is 2.05 bits per heavy atom. The minimum Gasteiger partial charge on any atom is -0.377 e. The van der Waals surface area contributed by atoms with Crippen molar-refractivity contribution in [2.24, 2.45) is 5.92 Å². The summed E-state index contributed by atoms with van der Waals surface area (Å²) in [7, 11) is 1.69. The predicted molar refractivity (Wildman–Crippen MR) is 77.3 cm³/mol. The van der Waals surface area contributed by atoms with Gasteiger partial charge in [0.05, 0.1) is 6.04 Å². The zero-order valence-electron chi connectivity index (χ0n) is 12.6. The Bertz CT molecular complexity index is 437. The fraction of sp³-hybridized carbons (Fsp3) is 0.867. The quantitative estimate of drug-likeness (QED) is 0.919. The summed E-state index contributed by atoms with van der Waals surface area (Å²) in [6.45, 7) is 3.87. The molecule has 0 radical (unpaired) electrons. The van der Waals surface area contributed by atoms with Crippen LogP contribution in [0.15, 0.2) is 0 Å². The van der Waals surface area contributed by atoms with Crippen LogP contribution in [0.1, 0.15) is 63.1 Å². The first kappa shape index (κ1) is 14.0. The molecule has 1 aliphatic carbocycles. The summed E-state index contributed by atoms with van der Waals surface area (Å²) in [4.78, 5) is 4.67. The van der Waals surface area contributed by atoms with Gasteiger partial charge in [-0.2, -0.15) is 5.10 Å². The van der Waals surface area contributed by atoms with Crippen LogP contribution in [0.5, 0.6) is 0 Å². The largest absolute Gasteiger partial charge is 0.377 e. The lowest BCUT2D eigenvalue weighted by molar-refractivity contribution is 0.177. The van der Waals surface area contributed by atoms with Crippen LogP contribution in [-0.4, -0.2) is 27.9 Å². The van der Waals surface area contributed by atoms with E-state index in [9.17, 15) is 0 Å². The molecular weight excluding hydrogens is 252 g/mol. The van der Waals surface area contributed by atoms with Crippen LogP contribution < -0.4 is 5.32 Å². The summed E-state index contributed by atoms with van der Waals surface area (Å²) in [5.41, 5.74) is 0. The molecular formula is C15H26N4O. The van der Waals surface area contributed by atoms with Crippen LogP contribution in [-0.2, 0) is 17.9 Å². The fourth-order valence-corrected chi connectivity index (χ4v) is 3.46. The Morgan fingerprint density at radius 3 is 2.80 bits per heavy atom. The number of nitrogens with zero attached hydrogens (tertiary/aromatic N) is 3. The number of fused-ring (bicyclic) bond motifs is 1. The van der Waals surface area contributed by atoms with Crippen molar-refractivity contribution in [1.29, 1.82) is 0 Å². The summed E-state index contributed by atoms with van der Waals surface area (Å²) in [5, 5.41) is 8.36. The third-order valence-electron chi connectivity index (χ3n) is 4.64. The molecule has 0 saturated heterocycles. The van der Waals surface area contributed by atoms with Crippen molar-refractivity contribution < 1.29 is 4.74 Å². The van der Waals surface area contributed by atoms with Gasteiger partial charge in [0, 0.05) is 19.7 Å². The maximum Gasteiger partial charge on any atom is 0.176 e. The maximum atomic E-state index is 5.14. The van der Waals surface area contributed by atoms with Crippen molar-refractivity contribution in [2.75, 3.05) is 7.11 Å². The van der Waals surface area contributed by atoms with Gasteiger partial charge in [0.1, 0.15) is 12.4 Å². The summed E-state index contributed by atoms with van der Waals surface area (Å²) in [5.74, 6) is 2.83. The standard InChI is InChI=1S/C15H26N4O/c1-11-5-7-12(8-6-11)16-13-4-3-9-19-15(13)17-14(18-19)10-20-2/h11-13,16H,3-10H2,1-2H3/t11?,12?,13-/m0/s1. The molecule has 0 unspecified atom stereocenters. The van der Waals surface area contributed by atoms with Gasteiger partial charge in [0.25, 0.3) is 0 Å². The summed E-state index contributed by atoms with van der Waals surface area (Å²) < 4.78 is 7.21. The van der Waals surface area contributed by atoms with E-state index in [4.69, 9.17) is 4.74 Å². The van der Waals surface area contributed by atoms with Crippen LogP contribution in [0.2, 0.25) is 0 Å². The van der Waals surface area contributed by atoms with Crippen molar-refractivity contribution in [3.8, 4) is 0 Å². The Kier molecular flexibility index (Phi) is 4.36. The van der Waals surface area contributed by atoms with Gasteiger partial charge in [0.2, 0.25) is 0 Å². The van der Waals surface area contributed by atoms with Gasteiger partial charge < -0.3 is 10.1 Å². The molecule has 0 aromatic carbocycles. The predicted octanol–water partition coefficient (Wildman–Crippen LogP) is 2.43. The first-order chi connectivity index (χ1) is 9.76. The molecule has 1 fully saturated rings. The molecule has 0 amide bonds. The minimum absolute atomic E-state index is 0.375. The Balaban J connectivity index is 1.66. The molecule has 3 rings (SSSR count). The first-order valence-electron chi connectivity index (χ1n) is 7.95. The second kappa shape index (κ2) is 6.22. The lowest BCUT2D eigenvalue weighted by Crippen LogP contribution is -2.38. The monoisotopic (exact) mass is 278 g/mol. The third-order valence-corrected chi connectivity index (χ3v) is 4.64. The van der Waals surface area contributed by atoms with Gasteiger partial charge in [-0.25, -0.2) is 9.67 Å². The van der Waals surface area contributed by atoms with E-state index in [1.807, 2.05) is 0 Å². The van der Waals surface area contributed by atoms with Crippen molar-refractivity contribution >= 4 is 0 Å². The molecule has 0 spiro atoms. The highest BCUT2D eigenvalue weighted by atomic mass is 16.5. The van der Waals surface area contributed by atoms with Crippen LogP contribution in [0, 0.1) is 5.92 Å². The van der Waals surface area contributed by atoms with E-state index in [0.717, 1.165) is 24.1 Å². The smallest absolute Gasteiger partial charge is 0.176 e. The average molecular weight is 278 g/mol. The Morgan fingerprint density at radius 1 is 1.25 bits per heavy atom. The van der Waals surface area contributed by atoms with Crippen molar-refractivity contribution in [3.63, 3.8) is 0 Å². The highest BCUT2D eigenvalue weighted by Gasteiger charge is 2.27. The van der Waals surface area contributed by atoms with Crippen LogP contribution >= 0.6 is 0 Å². The van der Waals surface area contributed by atoms with Gasteiger partial charge in [-0.1, -0.05) is 6.92 Å². The van der Waals surface area contributed by atoms with E-state index < -0.39 is 0 Å². The Hall–Kier alpha value is -0.940. The average Bonchev–Trinajstić information content (AvgIpc) is 2.85. The van der Waals surface area contributed by atoms with Gasteiger partial charge in [-0.3, -0.25) is 0 Å². The molecule has 112 valence electrons. The SMILES string of the molecule is COCc1nc2n(n1)CCC[C@@H]2NC1CCC(C)CC1. The van der Waals surface area contributed by atoms with E-state index in [1.165, 1.54) is 38.5 Å². The summed E-state index contributed by atoms with van der Waals surface area (Å²) >= 11 is 0. The molecule has 20 heavy (non-hydrogen) atoms. The van der Waals surface area contributed by atoms with Gasteiger partial charge >= 0.3 is 0 Å². The molecule has 5 nitrogen and oxygen atoms in total. The highest BCUT2D eigenvalue weighted by Crippen LogP contribution is 2.28. The topological polar surface area (TPSA) is 52.0 Å². The summed E-state index contributed by atoms with van der Waals surface area (Å²) in [6.07, 6.45) is 7.67. The second-order valence-electron chi connectivity index (χ2n) is 6.36. The molecule has 0 bridgehead atoms. The number of aryl methyl sites for hydroxylation is 1.